The van der Waals surface area contributed by atoms with Gasteiger partial charge in [0, 0.05) is 0 Å². The van der Waals surface area contributed by atoms with Crippen molar-refractivity contribution in [3.05, 3.63) is 12.7 Å². The second kappa shape index (κ2) is 9.48. The predicted octanol–water partition coefficient (Wildman–Crippen LogP) is -0.993. The molecule has 0 aliphatic carbocycles. The summed E-state index contributed by atoms with van der Waals surface area (Å²) in [5, 5.41) is 20.4. The number of aromatic nitrogens is 4. The molecule has 21 heteroatoms. The van der Waals surface area contributed by atoms with Crippen LogP contribution in [0.4, 0.5) is 5.82 Å². The molecule has 0 saturated carbocycles. The molecule has 182 valence electrons. The fraction of sp³-hybridized carbons (Fsp3) is 0.545. The Morgan fingerprint density at radius 2 is 1.69 bits per heavy atom. The van der Waals surface area contributed by atoms with Gasteiger partial charge in [-0.25, -0.2) is 28.6 Å². The van der Waals surface area contributed by atoms with Crippen LogP contribution in [-0.2, 0) is 31.6 Å². The van der Waals surface area contributed by atoms with E-state index in [-0.39, 0.29) is 24.4 Å². The second-order valence-corrected chi connectivity index (χ2v) is 10.4. The highest BCUT2D eigenvalue weighted by Crippen LogP contribution is 2.66. The number of anilines is 1. The molecule has 32 heavy (non-hydrogen) atoms. The van der Waals surface area contributed by atoms with Gasteiger partial charge in [0.05, 0.1) is 12.9 Å². The number of aliphatic hydroxyl groups is 2. The molecular formula is C11H20N5O13P3. The van der Waals surface area contributed by atoms with E-state index in [2.05, 4.69) is 28.1 Å². The van der Waals surface area contributed by atoms with Crippen molar-refractivity contribution in [3.8, 4) is 0 Å². The minimum atomic E-state index is -5.70. The molecule has 0 spiro atoms. The number of hydrogen-bond donors (Lipinski definition) is 7. The minimum absolute atomic E-state index is 0. The third-order valence-corrected chi connectivity index (χ3v) is 7.62. The number of imidazole rings is 1. The largest absolute Gasteiger partial charge is 0.490 e. The van der Waals surface area contributed by atoms with Crippen molar-refractivity contribution in [2.75, 3.05) is 12.3 Å². The Balaban J connectivity index is 0.00000363. The van der Waals surface area contributed by atoms with Gasteiger partial charge in [-0.05, 0) is 0 Å². The van der Waals surface area contributed by atoms with E-state index in [0.29, 0.717) is 0 Å². The number of rotatable bonds is 8. The summed E-state index contributed by atoms with van der Waals surface area (Å²) in [6, 6.07) is 0. The van der Waals surface area contributed by atoms with Crippen molar-refractivity contribution < 1.29 is 61.4 Å². The molecule has 0 amide bonds. The number of ether oxygens (including phenoxy) is 1. The van der Waals surface area contributed by atoms with Crippen molar-refractivity contribution in [2.24, 2.45) is 0 Å². The lowest BCUT2D eigenvalue weighted by Crippen LogP contribution is -2.33. The smallest absolute Gasteiger partial charge is 0.387 e. The van der Waals surface area contributed by atoms with Crippen LogP contribution in [0.5, 0.6) is 0 Å². The quantitative estimate of drug-likeness (QED) is 0.204. The highest BCUT2D eigenvalue weighted by molar-refractivity contribution is 7.66. The Hall–Kier alpha value is -1.36. The lowest BCUT2D eigenvalue weighted by molar-refractivity contribution is -0.0503. The highest BCUT2D eigenvalue weighted by atomic mass is 31.3. The standard InChI is InChI=1S/C10H16N5O13P3.CH4/c11-8-5-9(13-2-12-8)15(3-14-5)10-7(17)6(16)4(26-10)1-25-30(21,22)28-31(23,24)27-29(18,19)20;/h2-4,6-7,10,16-17H,1H2,(H,21,22)(H,23,24)(H2,11,12,13)(H2,18,19,20);1H4. The summed E-state index contributed by atoms with van der Waals surface area (Å²) in [6.45, 7) is -0.956. The maximum absolute atomic E-state index is 11.8. The number of phosphoric acid groups is 3. The molecule has 6 unspecified atom stereocenters. The van der Waals surface area contributed by atoms with Crippen molar-refractivity contribution in [1.82, 2.24) is 19.5 Å². The van der Waals surface area contributed by atoms with Gasteiger partial charge < -0.3 is 40.3 Å². The van der Waals surface area contributed by atoms with Gasteiger partial charge in [-0.3, -0.25) is 9.09 Å². The van der Waals surface area contributed by atoms with Crippen LogP contribution >= 0.6 is 23.5 Å². The first-order valence-corrected chi connectivity index (χ1v) is 12.4. The highest BCUT2D eigenvalue weighted by Gasteiger charge is 2.47. The SMILES string of the molecule is C.Nc1ncnc2c1ncn2C1OC(COP(=O)(O)OP(=O)(O)OP(=O)(O)O)C(O)C1O. The van der Waals surface area contributed by atoms with Crippen LogP contribution in [0.1, 0.15) is 13.7 Å². The average Bonchev–Trinajstić information content (AvgIpc) is 3.13. The normalized spacial score (nSPS) is 27.6. The molecule has 8 N–H and O–H groups in total. The molecule has 1 saturated heterocycles. The first-order chi connectivity index (χ1) is 14.2. The van der Waals surface area contributed by atoms with Crippen LogP contribution in [-0.4, -0.2) is 74.2 Å². The Kier molecular flexibility index (Phi) is 7.97. The number of nitrogens with zero attached hydrogens (tertiary/aromatic N) is 4. The fourth-order valence-electron chi connectivity index (χ4n) is 2.62. The van der Waals surface area contributed by atoms with Gasteiger partial charge in [-0.15, -0.1) is 0 Å². The first-order valence-electron chi connectivity index (χ1n) is 7.92. The molecule has 0 radical (unpaired) electrons. The summed E-state index contributed by atoms with van der Waals surface area (Å²) >= 11 is 0. The Bertz CT molecular complexity index is 1110. The minimum Gasteiger partial charge on any atom is -0.387 e. The Morgan fingerprint density at radius 1 is 1.03 bits per heavy atom. The summed E-state index contributed by atoms with van der Waals surface area (Å²) in [6.07, 6.45) is -3.69. The number of fused-ring (bicyclic) bond motifs is 1. The summed E-state index contributed by atoms with van der Waals surface area (Å²) in [4.78, 5) is 47.2. The molecule has 2 aromatic rings. The van der Waals surface area contributed by atoms with Gasteiger partial charge in [-0.1, -0.05) is 7.43 Å². The van der Waals surface area contributed by atoms with Crippen LogP contribution in [0.25, 0.3) is 11.2 Å². The zero-order valence-electron chi connectivity index (χ0n) is 14.9. The Labute approximate surface area is 179 Å². The van der Waals surface area contributed by atoms with E-state index < -0.39 is 54.6 Å². The monoisotopic (exact) mass is 523 g/mol. The topological polar surface area (TPSA) is 279 Å². The van der Waals surface area contributed by atoms with E-state index in [9.17, 15) is 28.8 Å². The molecule has 1 fully saturated rings. The Morgan fingerprint density at radius 3 is 2.31 bits per heavy atom. The van der Waals surface area contributed by atoms with Gasteiger partial charge in [0.25, 0.3) is 0 Å². The number of hydrogen-bond acceptors (Lipinski definition) is 13. The van der Waals surface area contributed by atoms with Gasteiger partial charge in [0.15, 0.2) is 17.7 Å². The number of phosphoric ester groups is 1. The summed E-state index contributed by atoms with van der Waals surface area (Å²) in [5.74, 6) is 0.0426. The van der Waals surface area contributed by atoms with Crippen LogP contribution in [0.2, 0.25) is 0 Å². The lowest BCUT2D eigenvalue weighted by Gasteiger charge is -2.19. The molecule has 2 aromatic heterocycles. The van der Waals surface area contributed by atoms with E-state index in [1.54, 1.807) is 0 Å². The van der Waals surface area contributed by atoms with Gasteiger partial charge in [-0.2, -0.15) is 8.62 Å². The van der Waals surface area contributed by atoms with Crippen LogP contribution < -0.4 is 5.73 Å². The van der Waals surface area contributed by atoms with E-state index in [1.165, 1.54) is 10.9 Å². The molecule has 3 heterocycles. The van der Waals surface area contributed by atoms with E-state index in [0.717, 1.165) is 6.33 Å². The maximum atomic E-state index is 11.8. The third kappa shape index (κ3) is 6.15. The van der Waals surface area contributed by atoms with E-state index >= 15 is 0 Å². The van der Waals surface area contributed by atoms with Crippen molar-refractivity contribution in [3.63, 3.8) is 0 Å². The molecule has 1 aliphatic rings. The van der Waals surface area contributed by atoms with Crippen LogP contribution in [0, 0.1) is 0 Å². The molecule has 0 bridgehead atoms. The second-order valence-electron chi connectivity index (χ2n) is 6.02. The lowest BCUT2D eigenvalue weighted by atomic mass is 10.1. The molecule has 0 aromatic carbocycles. The maximum Gasteiger partial charge on any atom is 0.490 e. The number of nitrogens with two attached hydrogens (primary N) is 1. The summed E-state index contributed by atoms with van der Waals surface area (Å²) < 4.78 is 51.9. The fourth-order valence-corrected chi connectivity index (χ4v) is 5.65. The molecule has 3 rings (SSSR count). The predicted molar refractivity (Wildman–Crippen MR) is 102 cm³/mol. The molecule has 18 nitrogen and oxygen atoms in total. The molecule has 6 atom stereocenters. The zero-order valence-corrected chi connectivity index (χ0v) is 17.6. The van der Waals surface area contributed by atoms with Gasteiger partial charge in [0.1, 0.15) is 30.2 Å². The van der Waals surface area contributed by atoms with Crippen molar-refractivity contribution >= 4 is 40.4 Å². The number of aliphatic hydroxyl groups excluding tert-OH is 2. The van der Waals surface area contributed by atoms with Crippen LogP contribution in [0.15, 0.2) is 12.7 Å². The molecule has 1 aliphatic heterocycles. The van der Waals surface area contributed by atoms with Crippen molar-refractivity contribution in [2.45, 2.75) is 32.0 Å². The van der Waals surface area contributed by atoms with E-state index in [1.807, 2.05) is 0 Å². The average molecular weight is 523 g/mol. The van der Waals surface area contributed by atoms with Gasteiger partial charge >= 0.3 is 23.5 Å². The van der Waals surface area contributed by atoms with Crippen molar-refractivity contribution in [1.29, 1.82) is 0 Å². The summed E-state index contributed by atoms with van der Waals surface area (Å²) in [7, 11) is -16.7. The zero-order chi connectivity index (χ0) is 23.2. The van der Waals surface area contributed by atoms with Crippen LogP contribution in [0.3, 0.4) is 0 Å². The third-order valence-electron chi connectivity index (χ3n) is 3.82. The first kappa shape index (κ1) is 26.9. The van der Waals surface area contributed by atoms with Gasteiger partial charge in [0.2, 0.25) is 0 Å². The summed E-state index contributed by atoms with van der Waals surface area (Å²) in [5.41, 5.74) is 6.00. The van der Waals surface area contributed by atoms with E-state index in [4.69, 9.17) is 25.2 Å². The number of nitrogen functional groups attached to an aromatic ring is 1. The molecular weight excluding hydrogens is 503 g/mol.